The largest absolute Gasteiger partial charge is 0.296 e. The maximum atomic E-state index is 12.4. The monoisotopic (exact) mass is 422 g/mol. The summed E-state index contributed by atoms with van der Waals surface area (Å²) >= 11 is 13.5. The fourth-order valence-electron chi connectivity index (χ4n) is 2.40. The number of aryl methyl sites for hydroxylation is 1. The first-order chi connectivity index (χ1) is 13.0. The van der Waals surface area contributed by atoms with E-state index in [4.69, 9.17) is 23.2 Å². The van der Waals surface area contributed by atoms with Gasteiger partial charge in [-0.25, -0.2) is 9.67 Å². The van der Waals surface area contributed by atoms with Crippen LogP contribution in [-0.2, 0) is 13.0 Å². The van der Waals surface area contributed by atoms with Crippen LogP contribution in [-0.4, -0.2) is 20.7 Å². The molecule has 3 rings (SSSR count). The number of amides is 1. The number of benzene rings is 1. The van der Waals surface area contributed by atoms with E-state index in [2.05, 4.69) is 15.4 Å². The highest BCUT2D eigenvalue weighted by molar-refractivity contribution is 7.15. The molecule has 3 aromatic rings. The lowest BCUT2D eigenvalue weighted by Crippen LogP contribution is -2.26. The smallest absolute Gasteiger partial charge is 0.277 e. The summed E-state index contributed by atoms with van der Waals surface area (Å²) in [7, 11) is 0. The minimum atomic E-state index is -0.412. The van der Waals surface area contributed by atoms with Gasteiger partial charge in [-0.05, 0) is 30.2 Å². The summed E-state index contributed by atoms with van der Waals surface area (Å²) in [6, 6.07) is 8.09. The molecule has 0 saturated carbocycles. The lowest BCUT2D eigenvalue weighted by atomic mass is 10.1. The summed E-state index contributed by atoms with van der Waals surface area (Å²) in [5.41, 5.74) is 0.862. The molecule has 1 aromatic carbocycles. The number of carbonyl (C=O) groups is 1. The third kappa shape index (κ3) is 4.94. The van der Waals surface area contributed by atoms with E-state index in [1.165, 1.54) is 28.2 Å². The van der Waals surface area contributed by atoms with Crippen LogP contribution < -0.4 is 10.9 Å². The van der Waals surface area contributed by atoms with E-state index in [0.29, 0.717) is 28.1 Å². The quantitative estimate of drug-likeness (QED) is 0.643. The van der Waals surface area contributed by atoms with Crippen LogP contribution in [0.4, 0.5) is 5.13 Å². The van der Waals surface area contributed by atoms with E-state index in [0.717, 1.165) is 16.9 Å². The van der Waals surface area contributed by atoms with Gasteiger partial charge in [0.15, 0.2) is 5.13 Å². The van der Waals surface area contributed by atoms with Crippen molar-refractivity contribution in [3.05, 3.63) is 73.1 Å². The molecule has 0 aliphatic carbocycles. The van der Waals surface area contributed by atoms with E-state index in [1.54, 1.807) is 18.3 Å². The number of carbonyl (C=O) groups excluding carboxylic acids is 1. The first-order valence-corrected chi connectivity index (χ1v) is 9.81. The molecule has 6 nitrogen and oxygen atoms in total. The van der Waals surface area contributed by atoms with Gasteiger partial charge >= 0.3 is 0 Å². The van der Waals surface area contributed by atoms with Crippen molar-refractivity contribution in [3.8, 4) is 0 Å². The van der Waals surface area contributed by atoms with Gasteiger partial charge in [-0.15, -0.1) is 11.3 Å². The summed E-state index contributed by atoms with van der Waals surface area (Å²) in [6.45, 7) is 2.40. The predicted molar refractivity (Wildman–Crippen MR) is 108 cm³/mol. The second-order valence-corrected chi connectivity index (χ2v) is 7.74. The van der Waals surface area contributed by atoms with Gasteiger partial charge in [-0.3, -0.25) is 14.9 Å². The van der Waals surface area contributed by atoms with Gasteiger partial charge in [0.25, 0.3) is 11.5 Å². The summed E-state index contributed by atoms with van der Waals surface area (Å²) in [4.78, 5) is 29.3. The molecule has 2 aromatic heterocycles. The predicted octanol–water partition coefficient (Wildman–Crippen LogP) is 4.26. The van der Waals surface area contributed by atoms with Crippen LogP contribution in [0.2, 0.25) is 10.0 Å². The molecule has 0 bridgehead atoms. The van der Waals surface area contributed by atoms with Gasteiger partial charge in [0, 0.05) is 40.2 Å². The number of halogens is 2. The molecule has 1 amide bonds. The van der Waals surface area contributed by atoms with E-state index < -0.39 is 5.91 Å². The first kappa shape index (κ1) is 19.5. The van der Waals surface area contributed by atoms with Crippen LogP contribution in [0, 0.1) is 0 Å². The second-order valence-electron chi connectivity index (χ2n) is 5.78. The average molecular weight is 423 g/mol. The van der Waals surface area contributed by atoms with Gasteiger partial charge in [-0.1, -0.05) is 36.2 Å². The highest BCUT2D eigenvalue weighted by atomic mass is 35.5. The number of nitrogens with zero attached hydrogens (tertiary/aromatic N) is 3. The average Bonchev–Trinajstić information content (AvgIpc) is 3.06. The zero-order chi connectivity index (χ0) is 19.4. The van der Waals surface area contributed by atoms with Gasteiger partial charge in [0.2, 0.25) is 0 Å². The maximum absolute atomic E-state index is 12.4. The van der Waals surface area contributed by atoms with Crippen molar-refractivity contribution in [1.82, 2.24) is 14.8 Å². The van der Waals surface area contributed by atoms with Crippen molar-refractivity contribution < 1.29 is 4.79 Å². The number of anilines is 1. The SMILES string of the molecule is CCCn1nc(C(=O)Nc2ncc(Cc3ccc(Cl)cc3Cl)s2)ccc1=O. The fraction of sp³-hybridized carbons (Fsp3) is 0.222. The van der Waals surface area contributed by atoms with Crippen molar-refractivity contribution in [1.29, 1.82) is 0 Å². The summed E-state index contributed by atoms with van der Waals surface area (Å²) in [6.07, 6.45) is 3.03. The Bertz CT molecular complexity index is 1030. The minimum absolute atomic E-state index is 0.167. The van der Waals surface area contributed by atoms with Crippen LogP contribution in [0.3, 0.4) is 0 Å². The number of hydrogen-bond donors (Lipinski definition) is 1. The molecule has 0 saturated heterocycles. The van der Waals surface area contributed by atoms with Crippen molar-refractivity contribution in [3.63, 3.8) is 0 Å². The third-order valence-corrected chi connectivity index (χ3v) is 5.19. The number of nitrogens with one attached hydrogen (secondary N) is 1. The molecule has 0 aliphatic heterocycles. The second kappa shape index (κ2) is 8.65. The number of hydrogen-bond acceptors (Lipinski definition) is 5. The topological polar surface area (TPSA) is 76.9 Å². The molecule has 9 heteroatoms. The standard InChI is InChI=1S/C18H16Cl2N4O2S/c1-2-7-24-16(25)6-5-15(23-24)17(26)22-18-21-10-13(27-18)8-11-3-4-12(19)9-14(11)20/h3-6,9-10H,2,7-8H2,1H3,(H,21,22,26). The summed E-state index contributed by atoms with van der Waals surface area (Å²) in [5, 5.41) is 8.43. The zero-order valence-corrected chi connectivity index (χ0v) is 16.7. The Morgan fingerprint density at radius 2 is 2.07 bits per heavy atom. The highest BCUT2D eigenvalue weighted by Crippen LogP contribution is 2.27. The van der Waals surface area contributed by atoms with E-state index in [9.17, 15) is 9.59 Å². The number of aromatic nitrogens is 3. The minimum Gasteiger partial charge on any atom is -0.296 e. The Labute approximate surface area is 169 Å². The molecule has 0 atom stereocenters. The van der Waals surface area contributed by atoms with Crippen LogP contribution >= 0.6 is 34.5 Å². The molecular formula is C18H16Cl2N4O2S. The normalized spacial score (nSPS) is 10.8. The molecule has 140 valence electrons. The molecule has 27 heavy (non-hydrogen) atoms. The molecular weight excluding hydrogens is 407 g/mol. The van der Waals surface area contributed by atoms with Crippen molar-refractivity contribution in [2.45, 2.75) is 26.3 Å². The molecule has 0 radical (unpaired) electrons. The number of thiazole rings is 1. The lowest BCUT2D eigenvalue weighted by molar-refractivity contribution is 0.101. The van der Waals surface area contributed by atoms with Crippen LogP contribution in [0.1, 0.15) is 34.3 Å². The lowest BCUT2D eigenvalue weighted by Gasteiger charge is -2.05. The van der Waals surface area contributed by atoms with Crippen molar-refractivity contribution in [2.75, 3.05) is 5.32 Å². The van der Waals surface area contributed by atoms with Crippen LogP contribution in [0.5, 0.6) is 0 Å². The Hall–Kier alpha value is -2.22. The zero-order valence-electron chi connectivity index (χ0n) is 14.4. The van der Waals surface area contributed by atoms with E-state index in [1.807, 2.05) is 13.0 Å². The van der Waals surface area contributed by atoms with Gasteiger partial charge in [-0.2, -0.15) is 5.10 Å². The van der Waals surface area contributed by atoms with Crippen LogP contribution in [0.25, 0.3) is 0 Å². The van der Waals surface area contributed by atoms with Crippen molar-refractivity contribution >= 4 is 45.6 Å². The van der Waals surface area contributed by atoms with Gasteiger partial charge in [0.1, 0.15) is 5.69 Å². The Morgan fingerprint density at radius 1 is 1.26 bits per heavy atom. The Kier molecular flexibility index (Phi) is 6.26. The Morgan fingerprint density at radius 3 is 2.81 bits per heavy atom. The van der Waals surface area contributed by atoms with Crippen LogP contribution in [0.15, 0.2) is 41.3 Å². The summed E-state index contributed by atoms with van der Waals surface area (Å²) < 4.78 is 1.28. The maximum Gasteiger partial charge on any atom is 0.277 e. The summed E-state index contributed by atoms with van der Waals surface area (Å²) in [5.74, 6) is -0.412. The third-order valence-electron chi connectivity index (χ3n) is 3.69. The first-order valence-electron chi connectivity index (χ1n) is 8.24. The fourth-order valence-corrected chi connectivity index (χ4v) is 3.71. The molecule has 0 unspecified atom stereocenters. The highest BCUT2D eigenvalue weighted by Gasteiger charge is 2.13. The molecule has 0 fully saturated rings. The number of rotatable bonds is 6. The van der Waals surface area contributed by atoms with E-state index in [-0.39, 0.29) is 11.3 Å². The molecule has 1 N–H and O–H groups in total. The molecule has 2 heterocycles. The van der Waals surface area contributed by atoms with Crippen molar-refractivity contribution in [2.24, 2.45) is 0 Å². The molecule has 0 spiro atoms. The molecule has 0 aliphatic rings. The Balaban J connectivity index is 1.71. The van der Waals surface area contributed by atoms with Gasteiger partial charge < -0.3 is 0 Å². The van der Waals surface area contributed by atoms with Gasteiger partial charge in [0.05, 0.1) is 0 Å². The van der Waals surface area contributed by atoms with E-state index >= 15 is 0 Å².